The molecule has 0 aliphatic carbocycles. The fraction of sp³-hybridized carbons (Fsp3) is 0.533. The van der Waals surface area contributed by atoms with Crippen molar-refractivity contribution in [3.63, 3.8) is 0 Å². The number of likely N-dealkylation sites (tertiary alicyclic amines) is 1. The molecule has 0 aromatic heterocycles. The first kappa shape index (κ1) is 14.4. The Hall–Kier alpha value is -1.53. The molecule has 0 saturated carbocycles. The van der Waals surface area contributed by atoms with Crippen molar-refractivity contribution in [2.24, 2.45) is 0 Å². The van der Waals surface area contributed by atoms with Crippen molar-refractivity contribution in [1.29, 1.82) is 0 Å². The largest absolute Gasteiger partial charge is 0.335 e. The topological polar surface area (TPSA) is 35.6 Å². The summed E-state index contributed by atoms with van der Waals surface area (Å²) in [4.78, 5) is 16.1. The highest BCUT2D eigenvalue weighted by atomic mass is 19.1. The number of rotatable bonds is 2. The first-order valence-corrected chi connectivity index (χ1v) is 7.26. The normalized spacial score (nSPS) is 20.4. The predicted molar refractivity (Wildman–Crippen MR) is 75.2 cm³/mol. The van der Waals surface area contributed by atoms with Crippen molar-refractivity contribution in [1.82, 2.24) is 15.1 Å². The van der Waals surface area contributed by atoms with E-state index >= 15 is 0 Å². The number of nitrogens with zero attached hydrogens (tertiary/aromatic N) is 2. The zero-order chi connectivity index (χ0) is 15.0. The van der Waals surface area contributed by atoms with Crippen LogP contribution in [-0.4, -0.2) is 61.0 Å². The van der Waals surface area contributed by atoms with Gasteiger partial charge in [0.15, 0.2) is 0 Å². The van der Waals surface area contributed by atoms with Crippen LogP contribution in [-0.2, 0) is 0 Å². The molecule has 4 nitrogen and oxygen atoms in total. The number of hydrogen-bond donors (Lipinski definition) is 1. The van der Waals surface area contributed by atoms with E-state index < -0.39 is 23.1 Å². The number of piperazine rings is 1. The molecule has 2 aliphatic heterocycles. The van der Waals surface area contributed by atoms with E-state index in [4.69, 9.17) is 0 Å². The molecule has 1 aromatic rings. The molecule has 2 aliphatic rings. The van der Waals surface area contributed by atoms with Crippen molar-refractivity contribution in [3.05, 3.63) is 34.9 Å². The van der Waals surface area contributed by atoms with E-state index in [1.807, 2.05) is 0 Å². The average Bonchev–Trinajstić information content (AvgIpc) is 2.43. The van der Waals surface area contributed by atoms with Crippen LogP contribution in [0.25, 0.3) is 0 Å². The molecule has 0 radical (unpaired) electrons. The van der Waals surface area contributed by atoms with Gasteiger partial charge < -0.3 is 10.2 Å². The predicted octanol–water partition coefficient (Wildman–Crippen LogP) is 1.00. The van der Waals surface area contributed by atoms with E-state index in [0.717, 1.165) is 32.2 Å². The van der Waals surface area contributed by atoms with E-state index in [9.17, 15) is 13.6 Å². The minimum absolute atomic E-state index is 0.291. The molecule has 2 fully saturated rings. The highest BCUT2D eigenvalue weighted by Crippen LogP contribution is 2.23. The summed E-state index contributed by atoms with van der Waals surface area (Å²) in [6, 6.07) is 2.81. The highest BCUT2D eigenvalue weighted by Gasteiger charge is 2.37. The van der Waals surface area contributed by atoms with Gasteiger partial charge in [0.2, 0.25) is 0 Å². The summed E-state index contributed by atoms with van der Waals surface area (Å²) in [6.45, 7) is 6.44. The van der Waals surface area contributed by atoms with Gasteiger partial charge in [0.1, 0.15) is 17.2 Å². The zero-order valence-electron chi connectivity index (χ0n) is 12.0. The van der Waals surface area contributed by atoms with Crippen LogP contribution in [0.4, 0.5) is 8.78 Å². The van der Waals surface area contributed by atoms with Gasteiger partial charge in [-0.05, 0) is 18.6 Å². The van der Waals surface area contributed by atoms with Crippen molar-refractivity contribution in [3.8, 4) is 0 Å². The number of carbonyl (C=O) groups excluding carboxylic acids is 1. The second-order valence-corrected chi connectivity index (χ2v) is 5.70. The van der Waals surface area contributed by atoms with Gasteiger partial charge in [-0.15, -0.1) is 0 Å². The van der Waals surface area contributed by atoms with Gasteiger partial charge in [0, 0.05) is 45.3 Å². The summed E-state index contributed by atoms with van der Waals surface area (Å²) in [5.74, 6) is -2.07. The van der Waals surface area contributed by atoms with Crippen LogP contribution in [0.15, 0.2) is 12.1 Å². The van der Waals surface area contributed by atoms with Gasteiger partial charge >= 0.3 is 0 Å². The lowest BCUT2D eigenvalue weighted by atomic mass is 10.0. The maximum atomic E-state index is 14.0. The number of nitrogens with one attached hydrogen (secondary N) is 1. The van der Waals surface area contributed by atoms with E-state index in [-0.39, 0.29) is 0 Å². The van der Waals surface area contributed by atoms with E-state index in [1.54, 1.807) is 0 Å². The van der Waals surface area contributed by atoms with Crippen molar-refractivity contribution >= 4 is 5.91 Å². The van der Waals surface area contributed by atoms with E-state index in [0.29, 0.717) is 24.7 Å². The summed E-state index contributed by atoms with van der Waals surface area (Å²) in [7, 11) is 0. The molecule has 0 atom stereocenters. The monoisotopic (exact) mass is 295 g/mol. The SMILES string of the molecule is Cc1ccc(F)c(C(=O)N2CC(N3CCNCC3)C2)c1F. The Balaban J connectivity index is 1.67. The van der Waals surface area contributed by atoms with Crippen LogP contribution in [0.3, 0.4) is 0 Å². The Morgan fingerprint density at radius 2 is 1.90 bits per heavy atom. The third-order valence-corrected chi connectivity index (χ3v) is 4.32. The third kappa shape index (κ3) is 2.65. The Labute approximate surface area is 122 Å². The van der Waals surface area contributed by atoms with Crippen LogP contribution in [0.5, 0.6) is 0 Å². The molecule has 3 rings (SSSR count). The molecule has 0 bridgehead atoms. The molecular formula is C15H19F2N3O. The molecule has 114 valence electrons. The van der Waals surface area contributed by atoms with Gasteiger partial charge in [0.25, 0.3) is 5.91 Å². The van der Waals surface area contributed by atoms with Crippen LogP contribution in [0, 0.1) is 18.6 Å². The summed E-state index contributed by atoms with van der Waals surface area (Å²) in [6.07, 6.45) is 0. The molecule has 6 heteroatoms. The van der Waals surface area contributed by atoms with Crippen molar-refractivity contribution in [2.75, 3.05) is 39.3 Å². The first-order valence-electron chi connectivity index (χ1n) is 7.26. The standard InChI is InChI=1S/C15H19F2N3O/c1-10-2-3-12(16)13(14(10)17)15(21)20-8-11(9-20)19-6-4-18-5-7-19/h2-3,11,18H,4-9H2,1H3. The molecular weight excluding hydrogens is 276 g/mol. The molecule has 21 heavy (non-hydrogen) atoms. The Kier molecular flexibility index (Phi) is 3.91. The summed E-state index contributed by atoms with van der Waals surface area (Å²) >= 11 is 0. The lowest BCUT2D eigenvalue weighted by Crippen LogP contribution is -2.64. The van der Waals surface area contributed by atoms with Crippen LogP contribution in [0.1, 0.15) is 15.9 Å². The fourth-order valence-corrected chi connectivity index (χ4v) is 2.91. The lowest BCUT2D eigenvalue weighted by molar-refractivity contribution is 0.0220. The van der Waals surface area contributed by atoms with Gasteiger partial charge in [-0.25, -0.2) is 8.78 Å². The number of benzene rings is 1. The van der Waals surface area contributed by atoms with Crippen molar-refractivity contribution in [2.45, 2.75) is 13.0 Å². The fourth-order valence-electron chi connectivity index (χ4n) is 2.91. The smallest absolute Gasteiger partial charge is 0.259 e. The molecule has 2 heterocycles. The number of hydrogen-bond acceptors (Lipinski definition) is 3. The number of amides is 1. The Bertz CT molecular complexity index is 552. The van der Waals surface area contributed by atoms with Gasteiger partial charge in [-0.2, -0.15) is 0 Å². The molecule has 0 unspecified atom stereocenters. The van der Waals surface area contributed by atoms with Gasteiger partial charge in [-0.3, -0.25) is 9.69 Å². The van der Waals surface area contributed by atoms with Crippen LogP contribution >= 0.6 is 0 Å². The molecule has 1 N–H and O–H groups in total. The minimum atomic E-state index is -0.784. The number of aryl methyl sites for hydroxylation is 1. The zero-order valence-corrected chi connectivity index (χ0v) is 12.0. The second-order valence-electron chi connectivity index (χ2n) is 5.70. The molecule has 1 aromatic carbocycles. The summed E-state index contributed by atoms with van der Waals surface area (Å²) in [5, 5.41) is 3.28. The second kappa shape index (κ2) is 5.69. The summed E-state index contributed by atoms with van der Waals surface area (Å²) < 4.78 is 27.7. The van der Waals surface area contributed by atoms with Crippen LogP contribution in [0.2, 0.25) is 0 Å². The van der Waals surface area contributed by atoms with Crippen LogP contribution < -0.4 is 5.32 Å². The van der Waals surface area contributed by atoms with E-state index in [2.05, 4.69) is 10.2 Å². The maximum Gasteiger partial charge on any atom is 0.259 e. The lowest BCUT2D eigenvalue weighted by Gasteiger charge is -2.46. The highest BCUT2D eigenvalue weighted by molar-refractivity contribution is 5.95. The van der Waals surface area contributed by atoms with Crippen molar-refractivity contribution < 1.29 is 13.6 Å². The minimum Gasteiger partial charge on any atom is -0.335 e. The Morgan fingerprint density at radius 3 is 2.57 bits per heavy atom. The molecule has 0 spiro atoms. The number of carbonyl (C=O) groups is 1. The Morgan fingerprint density at radius 1 is 1.24 bits per heavy atom. The first-order chi connectivity index (χ1) is 10.1. The average molecular weight is 295 g/mol. The molecule has 2 saturated heterocycles. The van der Waals surface area contributed by atoms with Gasteiger partial charge in [-0.1, -0.05) is 6.07 Å². The molecule has 1 amide bonds. The van der Waals surface area contributed by atoms with E-state index in [1.165, 1.54) is 17.9 Å². The van der Waals surface area contributed by atoms with Gasteiger partial charge in [0.05, 0.1) is 0 Å². The number of halogens is 2. The summed E-state index contributed by atoms with van der Waals surface area (Å²) in [5.41, 5.74) is -0.132. The third-order valence-electron chi connectivity index (χ3n) is 4.32. The maximum absolute atomic E-state index is 14.0. The quantitative estimate of drug-likeness (QED) is 0.884.